The maximum Gasteiger partial charge on any atom is 0.305 e. The first-order valence-corrected chi connectivity index (χ1v) is 18.3. The van der Waals surface area contributed by atoms with Gasteiger partial charge < -0.3 is 58.3 Å². The Kier molecular flexibility index (Phi) is 16.8. The maximum atomic E-state index is 13.9. The fourth-order valence-electron chi connectivity index (χ4n) is 6.64. The van der Waals surface area contributed by atoms with Gasteiger partial charge in [-0.05, 0) is 77.5 Å². The summed E-state index contributed by atoms with van der Waals surface area (Å²) in [7, 11) is 2.51. The quantitative estimate of drug-likeness (QED) is 0.105. The third-order valence-electron chi connectivity index (χ3n) is 9.52. The molecule has 2 aromatic carbocycles. The SMILES string of the molecule is CCC(=O)O[C@H](C)[C@H](O)C(=O)[C@@H](OC)[C@@H]1Cc2cc3cc(O[C@@H](C)OC(C)[C@@H](CO[C@H](C)OC(C)CCO)OC(C)=O)c(C)c(O)c3c(O)c2C(=O)[C@H]1OC. The molecule has 10 atom stereocenters. The Balaban J connectivity index is 1.90. The smallest absolute Gasteiger partial charge is 0.305 e. The molecule has 0 radical (unpaired) electrons. The number of aromatic hydroxyl groups is 2. The minimum atomic E-state index is -1.76. The number of rotatable bonds is 21. The molecule has 16 nitrogen and oxygen atoms in total. The van der Waals surface area contributed by atoms with E-state index >= 15 is 0 Å². The van der Waals surface area contributed by atoms with Crippen LogP contribution in [0, 0.1) is 12.8 Å². The molecule has 308 valence electrons. The summed E-state index contributed by atoms with van der Waals surface area (Å²) in [4.78, 5) is 51.1. The minimum absolute atomic E-state index is 0.00901. The molecule has 0 bridgehead atoms. The summed E-state index contributed by atoms with van der Waals surface area (Å²) in [5, 5.41) is 43.0. The summed E-state index contributed by atoms with van der Waals surface area (Å²) in [6, 6.07) is 3.14. The zero-order valence-corrected chi connectivity index (χ0v) is 33.2. The lowest BCUT2D eigenvalue weighted by Gasteiger charge is -2.36. The van der Waals surface area contributed by atoms with Crippen molar-refractivity contribution in [2.75, 3.05) is 27.4 Å². The van der Waals surface area contributed by atoms with E-state index in [0.717, 1.165) is 0 Å². The van der Waals surface area contributed by atoms with Crippen molar-refractivity contribution in [3.05, 3.63) is 28.8 Å². The molecule has 55 heavy (non-hydrogen) atoms. The van der Waals surface area contributed by atoms with Crippen LogP contribution in [0.3, 0.4) is 0 Å². The van der Waals surface area contributed by atoms with Crippen molar-refractivity contribution in [2.24, 2.45) is 5.92 Å². The largest absolute Gasteiger partial charge is 0.507 e. The van der Waals surface area contributed by atoms with Gasteiger partial charge in [0, 0.05) is 45.7 Å². The Morgan fingerprint density at radius 2 is 1.62 bits per heavy atom. The van der Waals surface area contributed by atoms with E-state index in [1.165, 1.54) is 28.1 Å². The lowest BCUT2D eigenvalue weighted by atomic mass is 9.75. The van der Waals surface area contributed by atoms with Crippen molar-refractivity contribution in [1.82, 2.24) is 0 Å². The van der Waals surface area contributed by atoms with E-state index in [-0.39, 0.29) is 60.2 Å². The molecule has 0 heterocycles. The number of phenols is 2. The number of fused-ring (bicyclic) bond motifs is 2. The van der Waals surface area contributed by atoms with Gasteiger partial charge >= 0.3 is 11.9 Å². The van der Waals surface area contributed by atoms with Gasteiger partial charge in [0.1, 0.15) is 35.6 Å². The Labute approximate surface area is 320 Å². The summed E-state index contributed by atoms with van der Waals surface area (Å²) < 4.78 is 45.1. The third kappa shape index (κ3) is 11.1. The highest BCUT2D eigenvalue weighted by atomic mass is 16.7. The normalized spacial score (nSPS) is 20.0. The molecule has 0 fully saturated rings. The molecular formula is C39H56O16. The van der Waals surface area contributed by atoms with Crippen LogP contribution in [-0.4, -0.2) is 127 Å². The second kappa shape index (κ2) is 20.3. The van der Waals surface area contributed by atoms with Crippen LogP contribution in [-0.2, 0) is 54.0 Å². The van der Waals surface area contributed by atoms with Gasteiger partial charge in [-0.1, -0.05) is 6.92 Å². The molecular weight excluding hydrogens is 724 g/mol. The van der Waals surface area contributed by atoms with E-state index in [0.29, 0.717) is 17.4 Å². The second-order valence-corrected chi connectivity index (χ2v) is 13.7. The molecule has 1 aliphatic rings. The maximum absolute atomic E-state index is 13.9. The molecule has 16 heteroatoms. The number of phenolic OH excluding ortho intramolecular Hbond substituents is 2. The van der Waals surface area contributed by atoms with Crippen LogP contribution in [0.2, 0.25) is 0 Å². The summed E-state index contributed by atoms with van der Waals surface area (Å²) in [6.45, 7) is 12.4. The van der Waals surface area contributed by atoms with Gasteiger partial charge in [0.05, 0.1) is 29.8 Å². The first-order chi connectivity index (χ1) is 25.9. The van der Waals surface area contributed by atoms with Crippen molar-refractivity contribution in [1.29, 1.82) is 0 Å². The first-order valence-electron chi connectivity index (χ1n) is 18.3. The zero-order chi connectivity index (χ0) is 41.3. The number of carbonyl (C=O) groups is 4. The van der Waals surface area contributed by atoms with Crippen LogP contribution < -0.4 is 4.74 Å². The number of methoxy groups -OCH3 is 2. The molecule has 0 aromatic heterocycles. The van der Waals surface area contributed by atoms with Gasteiger partial charge in [-0.25, -0.2) is 0 Å². The van der Waals surface area contributed by atoms with Crippen LogP contribution >= 0.6 is 0 Å². The van der Waals surface area contributed by atoms with Gasteiger partial charge in [-0.3, -0.25) is 19.2 Å². The highest BCUT2D eigenvalue weighted by Gasteiger charge is 2.47. The number of ketones is 2. The Hall–Kier alpha value is -3.90. The molecule has 2 unspecified atom stereocenters. The molecule has 0 aliphatic heterocycles. The number of hydrogen-bond acceptors (Lipinski definition) is 16. The first kappa shape index (κ1) is 45.5. The van der Waals surface area contributed by atoms with E-state index in [4.69, 9.17) is 43.0 Å². The lowest BCUT2D eigenvalue weighted by molar-refractivity contribution is -0.204. The molecule has 0 saturated carbocycles. The number of Topliss-reactive ketones (excluding diaryl/α,β-unsaturated/α-hetero) is 2. The molecule has 2 aromatic rings. The Bertz CT molecular complexity index is 1660. The molecule has 1 aliphatic carbocycles. The number of carbonyl (C=O) groups excluding carboxylic acids is 4. The fourth-order valence-corrected chi connectivity index (χ4v) is 6.64. The Morgan fingerprint density at radius 1 is 0.945 bits per heavy atom. The van der Waals surface area contributed by atoms with E-state index in [1.54, 1.807) is 53.7 Å². The van der Waals surface area contributed by atoms with Crippen LogP contribution in [0.15, 0.2) is 12.1 Å². The van der Waals surface area contributed by atoms with Crippen molar-refractivity contribution < 1.29 is 77.5 Å². The summed E-state index contributed by atoms with van der Waals surface area (Å²) in [5.41, 5.74) is 0.456. The predicted octanol–water partition coefficient (Wildman–Crippen LogP) is 3.43. The molecule has 3 rings (SSSR count). The summed E-state index contributed by atoms with van der Waals surface area (Å²) in [6.07, 6.45) is -8.60. The minimum Gasteiger partial charge on any atom is -0.507 e. The zero-order valence-electron chi connectivity index (χ0n) is 33.2. The number of hydrogen-bond donors (Lipinski definition) is 4. The number of benzene rings is 2. The summed E-state index contributed by atoms with van der Waals surface area (Å²) in [5.74, 6) is -4.27. The topological polar surface area (TPSA) is 223 Å². The van der Waals surface area contributed by atoms with Crippen LogP contribution in [0.4, 0.5) is 0 Å². The van der Waals surface area contributed by atoms with E-state index in [2.05, 4.69) is 0 Å². The van der Waals surface area contributed by atoms with Crippen molar-refractivity contribution in [2.45, 2.75) is 130 Å². The van der Waals surface area contributed by atoms with Gasteiger partial charge in [0.2, 0.25) is 0 Å². The van der Waals surface area contributed by atoms with Crippen molar-refractivity contribution >= 4 is 34.3 Å². The average Bonchev–Trinajstić information content (AvgIpc) is 3.11. The van der Waals surface area contributed by atoms with Crippen LogP contribution in [0.25, 0.3) is 10.8 Å². The Morgan fingerprint density at radius 3 is 2.20 bits per heavy atom. The van der Waals surface area contributed by atoms with Crippen LogP contribution in [0.1, 0.15) is 82.8 Å². The number of aliphatic hydroxyl groups is 2. The van der Waals surface area contributed by atoms with Gasteiger partial charge in [-0.2, -0.15) is 0 Å². The third-order valence-corrected chi connectivity index (χ3v) is 9.52. The van der Waals surface area contributed by atoms with Gasteiger partial charge in [0.15, 0.2) is 36.4 Å². The fraction of sp³-hybridized carbons (Fsp3) is 0.641. The van der Waals surface area contributed by atoms with Gasteiger partial charge in [-0.15, -0.1) is 0 Å². The number of esters is 2. The summed E-state index contributed by atoms with van der Waals surface area (Å²) >= 11 is 0. The molecule has 0 spiro atoms. The lowest BCUT2D eigenvalue weighted by Crippen LogP contribution is -2.51. The molecule has 0 amide bonds. The predicted molar refractivity (Wildman–Crippen MR) is 196 cm³/mol. The van der Waals surface area contributed by atoms with E-state index < -0.39 is 84.4 Å². The standard InChI is InChI=1S/C39H56O16/c1-11-30(42)53-21(5)34(44)37(47)39(49-10)27-15-25-14-26-16-28(19(3)33(43)31(26)35(45)32(25)36(46)38(27)48-9)55-24(8)52-20(4)29(54-22(6)41)17-50-23(7)51-18(2)12-13-40/h14,16,18,20-21,23-24,27,29,34,38-40,43-45H,11-13,15,17H2,1-10H3/t18?,20?,21-,23+,24+,27-,29-,34+,38+,39+/m1/s1. The highest BCUT2D eigenvalue weighted by molar-refractivity contribution is 6.11. The average molecular weight is 781 g/mol. The number of aliphatic hydroxyl groups excluding tert-OH is 2. The highest BCUT2D eigenvalue weighted by Crippen LogP contribution is 2.46. The monoisotopic (exact) mass is 780 g/mol. The molecule has 4 N–H and O–H groups in total. The van der Waals surface area contributed by atoms with Crippen LogP contribution in [0.5, 0.6) is 17.2 Å². The van der Waals surface area contributed by atoms with Crippen molar-refractivity contribution in [3.8, 4) is 17.2 Å². The second-order valence-electron chi connectivity index (χ2n) is 13.7. The van der Waals surface area contributed by atoms with Crippen molar-refractivity contribution in [3.63, 3.8) is 0 Å². The number of ether oxygens (including phenoxy) is 8. The molecule has 0 saturated heterocycles. The van der Waals surface area contributed by atoms with E-state index in [9.17, 15) is 34.5 Å². The van der Waals surface area contributed by atoms with Gasteiger partial charge in [0.25, 0.3) is 0 Å². The van der Waals surface area contributed by atoms with E-state index in [1.807, 2.05) is 0 Å².